The van der Waals surface area contributed by atoms with Crippen molar-refractivity contribution in [3.63, 3.8) is 0 Å². The Balaban J connectivity index is 1.40. The SMILES string of the molecule is CCc1nc([C@@H]2O[C@H](CO)[C@H](O)[C@H](n3cc(-c4cc(F)c(F)c(F)c4)nn3)[C@H]2O)n(-c2ccc3nc(C)sc3c2)n1. The number of rotatable bonds is 6. The highest BCUT2D eigenvalue weighted by Crippen LogP contribution is 2.39. The molecule has 3 N–H and O–H groups in total. The van der Waals surface area contributed by atoms with E-state index in [4.69, 9.17) is 4.74 Å². The summed E-state index contributed by atoms with van der Waals surface area (Å²) in [4.78, 5) is 9.08. The van der Waals surface area contributed by atoms with E-state index in [-0.39, 0.29) is 17.1 Å². The average molecular weight is 588 g/mol. The number of nitrogens with zero attached hydrogens (tertiary/aromatic N) is 7. The van der Waals surface area contributed by atoms with Crippen molar-refractivity contribution >= 4 is 21.6 Å². The maximum Gasteiger partial charge on any atom is 0.194 e. The van der Waals surface area contributed by atoms with Crippen LogP contribution in [0.1, 0.15) is 35.7 Å². The summed E-state index contributed by atoms with van der Waals surface area (Å²) in [6.45, 7) is 3.18. The van der Waals surface area contributed by atoms with Gasteiger partial charge in [-0.15, -0.1) is 16.4 Å². The van der Waals surface area contributed by atoms with E-state index >= 15 is 0 Å². The molecule has 0 amide bonds. The molecule has 15 heteroatoms. The van der Waals surface area contributed by atoms with Crippen LogP contribution >= 0.6 is 11.3 Å². The van der Waals surface area contributed by atoms with Gasteiger partial charge in [0, 0.05) is 12.0 Å². The Morgan fingerprint density at radius 3 is 2.51 bits per heavy atom. The molecular weight excluding hydrogens is 563 g/mol. The van der Waals surface area contributed by atoms with Crippen LogP contribution in [0.5, 0.6) is 0 Å². The van der Waals surface area contributed by atoms with Crippen LogP contribution in [0.2, 0.25) is 0 Å². The summed E-state index contributed by atoms with van der Waals surface area (Å²) in [5, 5.41) is 45.9. The second-order valence-electron chi connectivity index (χ2n) is 9.62. The minimum absolute atomic E-state index is 0.0321. The maximum atomic E-state index is 13.8. The smallest absolute Gasteiger partial charge is 0.194 e. The van der Waals surface area contributed by atoms with E-state index in [9.17, 15) is 28.5 Å². The number of benzene rings is 2. The van der Waals surface area contributed by atoms with Crippen LogP contribution in [0.4, 0.5) is 13.2 Å². The van der Waals surface area contributed by atoms with Gasteiger partial charge in [0.1, 0.15) is 36.2 Å². The predicted molar refractivity (Wildman–Crippen MR) is 140 cm³/mol. The number of aromatic nitrogens is 7. The number of aryl methyl sites for hydroxylation is 2. The zero-order chi connectivity index (χ0) is 29.0. The summed E-state index contributed by atoms with van der Waals surface area (Å²) in [6, 6.07) is 5.87. The molecule has 11 nitrogen and oxygen atoms in total. The highest BCUT2D eigenvalue weighted by atomic mass is 32.1. The van der Waals surface area contributed by atoms with Crippen molar-refractivity contribution in [1.82, 2.24) is 34.7 Å². The number of hydrogen-bond acceptors (Lipinski definition) is 10. The minimum Gasteiger partial charge on any atom is -0.394 e. The molecule has 5 aromatic rings. The highest BCUT2D eigenvalue weighted by molar-refractivity contribution is 7.18. The first-order valence-corrected chi connectivity index (χ1v) is 13.5. The molecule has 1 saturated heterocycles. The van der Waals surface area contributed by atoms with Gasteiger partial charge in [-0.25, -0.2) is 32.5 Å². The van der Waals surface area contributed by atoms with Crippen LogP contribution in [0.25, 0.3) is 27.2 Å². The zero-order valence-electron chi connectivity index (χ0n) is 21.7. The van der Waals surface area contributed by atoms with E-state index < -0.39 is 54.5 Å². The van der Waals surface area contributed by atoms with Gasteiger partial charge in [0.05, 0.1) is 33.7 Å². The molecular formula is C26H24F3N7O4S. The van der Waals surface area contributed by atoms with Gasteiger partial charge < -0.3 is 20.1 Å². The summed E-state index contributed by atoms with van der Waals surface area (Å²) in [5.74, 6) is -3.72. The van der Waals surface area contributed by atoms with Crippen molar-refractivity contribution < 1.29 is 33.2 Å². The predicted octanol–water partition coefficient (Wildman–Crippen LogP) is 2.82. The standard InChI is InChI=1S/C26H24F3N7O4S/c1-3-20-31-26(36(33-20)13-4-5-16-19(8-13)41-11(2)30-16)25-24(39)22(23(38)18(10-37)40-25)35-9-17(32-34-35)12-6-14(27)21(29)15(28)7-12/h4-9,18,22-25,37-39H,3,10H2,1-2H3/t18-,22+,23+,24-,25-/m1/s1. The second kappa shape index (κ2) is 10.6. The molecule has 0 spiro atoms. The van der Waals surface area contributed by atoms with Gasteiger partial charge in [-0.2, -0.15) is 5.10 Å². The Labute approximate surface area is 234 Å². The molecule has 1 aliphatic rings. The number of aliphatic hydroxyl groups excluding tert-OH is 3. The molecule has 1 aliphatic heterocycles. The van der Waals surface area contributed by atoms with Gasteiger partial charge in [0.25, 0.3) is 0 Å². The monoisotopic (exact) mass is 587 g/mol. The molecule has 0 radical (unpaired) electrons. The molecule has 214 valence electrons. The van der Waals surface area contributed by atoms with Gasteiger partial charge in [-0.1, -0.05) is 12.1 Å². The van der Waals surface area contributed by atoms with Crippen LogP contribution in [-0.4, -0.2) is 75.0 Å². The number of thiazole rings is 1. The second-order valence-corrected chi connectivity index (χ2v) is 10.9. The van der Waals surface area contributed by atoms with Crippen molar-refractivity contribution in [2.75, 3.05) is 6.61 Å². The summed E-state index contributed by atoms with van der Waals surface area (Å²) < 4.78 is 50.7. The summed E-state index contributed by atoms with van der Waals surface area (Å²) in [7, 11) is 0. The quantitative estimate of drug-likeness (QED) is 0.256. The van der Waals surface area contributed by atoms with Gasteiger partial charge in [-0.05, 0) is 37.3 Å². The van der Waals surface area contributed by atoms with Crippen LogP contribution in [-0.2, 0) is 11.2 Å². The van der Waals surface area contributed by atoms with Crippen LogP contribution in [0.15, 0.2) is 36.5 Å². The van der Waals surface area contributed by atoms with E-state index in [1.54, 1.807) is 4.68 Å². The Bertz CT molecular complexity index is 1720. The molecule has 0 aliphatic carbocycles. The van der Waals surface area contributed by atoms with Crippen molar-refractivity contribution in [2.45, 2.75) is 50.7 Å². The largest absolute Gasteiger partial charge is 0.394 e. The number of halogens is 3. The van der Waals surface area contributed by atoms with Crippen LogP contribution in [0.3, 0.4) is 0 Å². The number of aliphatic hydroxyl groups is 3. The molecule has 2 aromatic carbocycles. The summed E-state index contributed by atoms with van der Waals surface area (Å²) in [6.07, 6.45) is -3.55. The third-order valence-electron chi connectivity index (χ3n) is 6.96. The molecule has 5 atom stereocenters. The van der Waals surface area contributed by atoms with Gasteiger partial charge >= 0.3 is 0 Å². The van der Waals surface area contributed by atoms with Crippen molar-refractivity contribution in [3.8, 4) is 16.9 Å². The van der Waals surface area contributed by atoms with Crippen molar-refractivity contribution in [3.05, 3.63) is 70.6 Å². The molecule has 41 heavy (non-hydrogen) atoms. The van der Waals surface area contributed by atoms with E-state index in [1.165, 1.54) is 17.5 Å². The Hall–Kier alpha value is -3.76. The van der Waals surface area contributed by atoms with E-state index in [1.807, 2.05) is 32.0 Å². The third kappa shape index (κ3) is 4.78. The summed E-state index contributed by atoms with van der Waals surface area (Å²) in [5.41, 5.74) is 1.34. The maximum absolute atomic E-state index is 13.8. The lowest BCUT2D eigenvalue weighted by molar-refractivity contribution is -0.210. The topological polar surface area (TPSA) is 144 Å². The number of hydrogen-bond donors (Lipinski definition) is 3. The van der Waals surface area contributed by atoms with Gasteiger partial charge in [0.15, 0.2) is 29.1 Å². The first kappa shape index (κ1) is 27.4. The first-order chi connectivity index (χ1) is 19.7. The Morgan fingerprint density at radius 2 is 1.80 bits per heavy atom. The van der Waals surface area contributed by atoms with Crippen LogP contribution in [0, 0.1) is 24.4 Å². The van der Waals surface area contributed by atoms with Gasteiger partial charge in [0.2, 0.25) is 0 Å². The van der Waals surface area contributed by atoms with Crippen molar-refractivity contribution in [2.24, 2.45) is 0 Å². The number of ether oxygens (including phenoxy) is 1. The fourth-order valence-electron chi connectivity index (χ4n) is 4.94. The van der Waals surface area contributed by atoms with E-state index in [0.717, 1.165) is 32.0 Å². The normalized spacial score (nSPS) is 23.0. The first-order valence-electron chi connectivity index (χ1n) is 12.7. The average Bonchev–Trinajstić information content (AvgIpc) is 3.69. The van der Waals surface area contributed by atoms with E-state index in [2.05, 4.69) is 25.4 Å². The molecule has 0 saturated carbocycles. The Morgan fingerprint density at radius 1 is 1.05 bits per heavy atom. The van der Waals surface area contributed by atoms with Crippen molar-refractivity contribution in [1.29, 1.82) is 0 Å². The zero-order valence-corrected chi connectivity index (χ0v) is 22.5. The molecule has 0 bridgehead atoms. The lowest BCUT2D eigenvalue weighted by Gasteiger charge is -2.41. The molecule has 3 aromatic heterocycles. The minimum atomic E-state index is -1.62. The van der Waals surface area contributed by atoms with Gasteiger partial charge in [-0.3, -0.25) is 0 Å². The highest BCUT2D eigenvalue weighted by Gasteiger charge is 2.48. The fourth-order valence-corrected chi connectivity index (χ4v) is 5.80. The third-order valence-corrected chi connectivity index (χ3v) is 7.89. The Kier molecular flexibility index (Phi) is 7.07. The van der Waals surface area contributed by atoms with Crippen LogP contribution < -0.4 is 0 Å². The molecule has 1 fully saturated rings. The lowest BCUT2D eigenvalue weighted by Crippen LogP contribution is -2.53. The molecule has 6 rings (SSSR count). The fraction of sp³-hybridized carbons (Fsp3) is 0.346. The molecule has 4 heterocycles. The summed E-state index contributed by atoms with van der Waals surface area (Å²) >= 11 is 1.51. The van der Waals surface area contributed by atoms with E-state index in [0.29, 0.717) is 17.9 Å². The number of fused-ring (bicyclic) bond motifs is 1. The lowest BCUT2D eigenvalue weighted by atomic mass is 9.92. The molecule has 0 unspecified atom stereocenters.